The quantitative estimate of drug-likeness (QED) is 0.270. The second-order valence-corrected chi connectivity index (χ2v) is 6.32. The molecule has 4 nitrogen and oxygen atoms in total. The summed E-state index contributed by atoms with van der Waals surface area (Å²) in [6, 6.07) is 0. The van der Waals surface area contributed by atoms with Crippen LogP contribution in [0.2, 0.25) is 0 Å². The van der Waals surface area contributed by atoms with Gasteiger partial charge in [-0.3, -0.25) is 0 Å². The van der Waals surface area contributed by atoms with Gasteiger partial charge in [0.15, 0.2) is 6.10 Å². The van der Waals surface area contributed by atoms with Crippen molar-refractivity contribution < 1.29 is 23.0 Å². The molecule has 1 unspecified atom stereocenters. The summed E-state index contributed by atoms with van der Waals surface area (Å²) in [5.74, 6) is -1.10. The molecule has 0 saturated heterocycles. The molecule has 0 spiro atoms. The molecule has 136 valence electrons. The number of carboxylic acids is 1. The predicted octanol–water partition coefficient (Wildman–Crippen LogP) is 4.12. The Labute approximate surface area is 175 Å². The fraction of sp³-hybridized carbons (Fsp3) is 0.944. The molecule has 3 N–H and O–H groups in total. The smallest absolute Gasteiger partial charge is 1.00 e. The summed E-state index contributed by atoms with van der Waals surface area (Å²) in [5, 5.41) is 26.3. The van der Waals surface area contributed by atoms with E-state index in [1.165, 1.54) is 64.2 Å². The third-order valence-electron chi connectivity index (χ3n) is 4.17. The maximum atomic E-state index is 10.4. The Balaban J connectivity index is -0.000000735. The van der Waals surface area contributed by atoms with Crippen molar-refractivity contribution in [3.05, 3.63) is 0 Å². The summed E-state index contributed by atoms with van der Waals surface area (Å²) in [5.41, 5.74) is 0. The zero-order valence-electron chi connectivity index (χ0n) is 16.8. The van der Waals surface area contributed by atoms with Gasteiger partial charge in [-0.25, -0.2) is 4.79 Å². The van der Waals surface area contributed by atoms with Crippen molar-refractivity contribution in [2.45, 2.75) is 102 Å². The maximum Gasteiger partial charge on any atom is 2.00 e. The average molecular weight is 359 g/mol. The summed E-state index contributed by atoms with van der Waals surface area (Å²) in [6.07, 6.45) is 16.0. The van der Waals surface area contributed by atoms with Crippen molar-refractivity contribution in [2.24, 2.45) is 0 Å². The number of hydrogen-bond donors (Lipinski definition) is 3. The van der Waals surface area contributed by atoms with E-state index >= 15 is 0 Å². The third-order valence-corrected chi connectivity index (χ3v) is 4.17. The number of carbonyl (C=O) groups is 1. The van der Waals surface area contributed by atoms with E-state index in [0.717, 1.165) is 25.7 Å². The van der Waals surface area contributed by atoms with Crippen molar-refractivity contribution in [3.8, 4) is 0 Å². The molecule has 0 bridgehead atoms. The van der Waals surface area contributed by atoms with Crippen LogP contribution in [0.25, 0.3) is 0 Å². The zero-order chi connectivity index (χ0) is 16.5. The summed E-state index contributed by atoms with van der Waals surface area (Å²) in [4.78, 5) is 10.4. The number of carboxylic acid groups (broad SMARTS) is 1. The molecular formula is C18H38CaO4. The van der Waals surface area contributed by atoms with Crippen LogP contribution < -0.4 is 0 Å². The molecular weight excluding hydrogens is 320 g/mol. The molecule has 0 aliphatic rings. The van der Waals surface area contributed by atoms with E-state index in [9.17, 15) is 4.79 Å². The molecule has 5 heteroatoms. The summed E-state index contributed by atoms with van der Waals surface area (Å²) in [7, 11) is 0. The van der Waals surface area contributed by atoms with Crippen LogP contribution in [0.3, 0.4) is 0 Å². The Kier molecular flexibility index (Phi) is 23.3. The van der Waals surface area contributed by atoms with Crippen molar-refractivity contribution in [2.75, 3.05) is 6.61 Å². The Morgan fingerprint density at radius 1 is 0.696 bits per heavy atom. The third kappa shape index (κ3) is 20.6. The van der Waals surface area contributed by atoms with Crippen LogP contribution >= 0.6 is 0 Å². The normalized spacial score (nSPS) is 11.9. The molecule has 0 radical (unpaired) electrons. The standard InChI is InChI=1S/C18H36O4.Ca.2H/c19-16-14-12-10-8-6-4-2-1-3-5-7-9-11-13-15-17(20)18(21)22;;;/h17,19-20H,1-16H2,(H,21,22);;;/q;+2;2*-1. The minimum Gasteiger partial charge on any atom is -1.00 e. The monoisotopic (exact) mass is 358 g/mol. The van der Waals surface area contributed by atoms with Crippen LogP contribution in [0.4, 0.5) is 0 Å². The topological polar surface area (TPSA) is 77.8 Å². The average Bonchev–Trinajstić information content (AvgIpc) is 2.50. The molecule has 0 fully saturated rings. The van der Waals surface area contributed by atoms with Gasteiger partial charge in [-0.15, -0.1) is 0 Å². The predicted molar refractivity (Wildman–Crippen MR) is 98.0 cm³/mol. The van der Waals surface area contributed by atoms with Gasteiger partial charge in [-0.1, -0.05) is 83.5 Å². The van der Waals surface area contributed by atoms with Gasteiger partial charge >= 0.3 is 43.7 Å². The molecule has 0 heterocycles. The van der Waals surface area contributed by atoms with Crippen molar-refractivity contribution >= 4 is 43.7 Å². The first kappa shape index (κ1) is 25.9. The number of rotatable bonds is 17. The summed E-state index contributed by atoms with van der Waals surface area (Å²) in [6.45, 7) is 0.333. The fourth-order valence-electron chi connectivity index (χ4n) is 2.69. The first-order valence-electron chi connectivity index (χ1n) is 9.20. The van der Waals surface area contributed by atoms with Crippen LogP contribution in [0.1, 0.15) is 99.2 Å². The van der Waals surface area contributed by atoms with Gasteiger partial charge in [-0.05, 0) is 12.8 Å². The molecule has 0 aliphatic carbocycles. The van der Waals surface area contributed by atoms with E-state index in [-0.39, 0.29) is 40.6 Å². The van der Waals surface area contributed by atoms with E-state index in [4.69, 9.17) is 15.3 Å². The first-order valence-corrected chi connectivity index (χ1v) is 9.20. The van der Waals surface area contributed by atoms with Crippen LogP contribution in [-0.2, 0) is 4.79 Å². The fourth-order valence-corrected chi connectivity index (χ4v) is 2.69. The Morgan fingerprint density at radius 3 is 1.30 bits per heavy atom. The number of aliphatic hydroxyl groups excluding tert-OH is 2. The van der Waals surface area contributed by atoms with E-state index in [1.807, 2.05) is 0 Å². The SMILES string of the molecule is O=C(O)C(O)CCCCCCCCCCCCCCCCO.[Ca+2].[H-].[H-]. The van der Waals surface area contributed by atoms with Crippen LogP contribution in [0.5, 0.6) is 0 Å². The molecule has 0 aromatic heterocycles. The zero-order valence-corrected chi connectivity index (χ0v) is 17.1. The van der Waals surface area contributed by atoms with Gasteiger partial charge in [-0.2, -0.15) is 0 Å². The van der Waals surface area contributed by atoms with E-state index in [1.54, 1.807) is 0 Å². The van der Waals surface area contributed by atoms with E-state index < -0.39 is 12.1 Å². The Hall–Kier alpha value is 0.650. The van der Waals surface area contributed by atoms with Crippen molar-refractivity contribution in [1.82, 2.24) is 0 Å². The minimum absolute atomic E-state index is 0. The van der Waals surface area contributed by atoms with Gasteiger partial charge in [0.1, 0.15) is 0 Å². The largest absolute Gasteiger partial charge is 2.00 e. The van der Waals surface area contributed by atoms with Gasteiger partial charge in [0, 0.05) is 6.61 Å². The molecule has 0 amide bonds. The van der Waals surface area contributed by atoms with Gasteiger partial charge in [0.05, 0.1) is 0 Å². The maximum absolute atomic E-state index is 10.4. The summed E-state index contributed by atoms with van der Waals surface area (Å²) >= 11 is 0. The van der Waals surface area contributed by atoms with Gasteiger partial charge < -0.3 is 18.2 Å². The van der Waals surface area contributed by atoms with E-state index in [0.29, 0.717) is 13.0 Å². The van der Waals surface area contributed by atoms with Crippen LogP contribution in [-0.4, -0.2) is 71.7 Å². The molecule has 0 saturated carbocycles. The number of unbranched alkanes of at least 4 members (excludes halogenated alkanes) is 13. The Morgan fingerprint density at radius 2 is 1.00 bits per heavy atom. The summed E-state index contributed by atoms with van der Waals surface area (Å²) < 4.78 is 0. The molecule has 1 atom stereocenters. The minimum atomic E-state index is -1.18. The van der Waals surface area contributed by atoms with Crippen molar-refractivity contribution in [3.63, 3.8) is 0 Å². The van der Waals surface area contributed by atoms with Crippen molar-refractivity contribution in [1.29, 1.82) is 0 Å². The molecule has 23 heavy (non-hydrogen) atoms. The molecule has 0 aromatic rings. The first-order chi connectivity index (χ1) is 10.7. The second-order valence-electron chi connectivity index (χ2n) is 6.32. The van der Waals surface area contributed by atoms with Gasteiger partial charge in [0.25, 0.3) is 0 Å². The number of hydrogen-bond acceptors (Lipinski definition) is 3. The van der Waals surface area contributed by atoms with Gasteiger partial charge in [0.2, 0.25) is 0 Å². The second kappa shape index (κ2) is 20.7. The van der Waals surface area contributed by atoms with Crippen LogP contribution in [0.15, 0.2) is 0 Å². The number of aliphatic carboxylic acids is 1. The molecule has 0 aromatic carbocycles. The van der Waals surface area contributed by atoms with E-state index in [2.05, 4.69) is 0 Å². The molecule has 0 rings (SSSR count). The Bertz CT molecular complexity index is 259. The van der Waals surface area contributed by atoms with Crippen LogP contribution in [0, 0.1) is 0 Å². The number of aliphatic hydroxyl groups is 2. The molecule has 0 aliphatic heterocycles.